The number of aromatic nitrogens is 1. The summed E-state index contributed by atoms with van der Waals surface area (Å²) in [5.41, 5.74) is 1.52. The lowest BCUT2D eigenvalue weighted by Gasteiger charge is -2.08. The molecule has 8 nitrogen and oxygen atoms in total. The first-order valence-corrected chi connectivity index (χ1v) is 10.4. The van der Waals surface area contributed by atoms with E-state index in [9.17, 15) is 8.42 Å². The molecule has 0 spiro atoms. The molecule has 1 aromatic heterocycles. The molecular weight excluding hydrogens is 402 g/mol. The monoisotopic (exact) mass is 421 g/mol. The highest BCUT2D eigenvalue weighted by atomic mass is 32.2. The summed E-state index contributed by atoms with van der Waals surface area (Å²) in [6.07, 6.45) is 5.07. The van der Waals surface area contributed by atoms with Gasteiger partial charge < -0.3 is 10.1 Å². The number of nitrogens with zero attached hydrogens (tertiary/aromatic N) is 3. The number of ether oxygens (including phenoxy) is 1. The number of hydrogen-bond acceptors (Lipinski definition) is 6. The van der Waals surface area contributed by atoms with Crippen molar-refractivity contribution in [3.63, 3.8) is 0 Å². The van der Waals surface area contributed by atoms with Crippen molar-refractivity contribution in [3.05, 3.63) is 78.6 Å². The number of pyridine rings is 1. The summed E-state index contributed by atoms with van der Waals surface area (Å²) in [4.78, 5) is 8.64. The molecule has 0 unspecified atom stereocenters. The van der Waals surface area contributed by atoms with Gasteiger partial charge in [0.2, 0.25) is 15.8 Å². The highest BCUT2D eigenvalue weighted by Gasteiger charge is 2.17. The quantitative estimate of drug-likeness (QED) is 0.272. The summed E-state index contributed by atoms with van der Waals surface area (Å²) in [6, 6.07) is 16.2. The maximum atomic E-state index is 12.8. The fraction of sp³-hybridized carbons (Fsp3) is 0.0952. The van der Waals surface area contributed by atoms with Gasteiger partial charge in [-0.2, -0.15) is 5.26 Å². The average molecular weight is 421 g/mol. The Labute approximate surface area is 174 Å². The molecule has 0 fully saturated rings. The third-order valence-electron chi connectivity index (χ3n) is 4.14. The molecule has 0 aliphatic rings. The highest BCUT2D eigenvalue weighted by molar-refractivity contribution is 7.91. The summed E-state index contributed by atoms with van der Waals surface area (Å²) in [7, 11) is -2.10. The first-order valence-electron chi connectivity index (χ1n) is 8.87. The predicted octanol–water partition coefficient (Wildman–Crippen LogP) is 2.96. The molecule has 0 amide bonds. The van der Waals surface area contributed by atoms with Crippen LogP contribution in [0, 0.1) is 11.5 Å². The van der Waals surface area contributed by atoms with E-state index in [2.05, 4.69) is 20.6 Å². The number of nitrogens with one attached hydrogen (secondary N) is 2. The Bertz CT molecular complexity index is 1150. The van der Waals surface area contributed by atoms with Gasteiger partial charge in [0.05, 0.1) is 23.4 Å². The van der Waals surface area contributed by atoms with Gasteiger partial charge in [-0.25, -0.2) is 13.4 Å². The van der Waals surface area contributed by atoms with Crippen molar-refractivity contribution in [2.45, 2.75) is 16.3 Å². The number of rotatable bonds is 6. The first kappa shape index (κ1) is 20.8. The lowest BCUT2D eigenvalue weighted by atomic mass is 10.2. The molecular formula is C21H19N5O3S. The van der Waals surface area contributed by atoms with Crippen LogP contribution in [-0.4, -0.2) is 26.5 Å². The zero-order valence-electron chi connectivity index (χ0n) is 16.1. The van der Waals surface area contributed by atoms with Crippen molar-refractivity contribution in [1.82, 2.24) is 10.3 Å². The molecule has 0 radical (unpaired) electrons. The highest BCUT2D eigenvalue weighted by Crippen LogP contribution is 2.23. The molecule has 0 saturated heterocycles. The van der Waals surface area contributed by atoms with Crippen LogP contribution >= 0.6 is 0 Å². The van der Waals surface area contributed by atoms with Crippen LogP contribution in [0.2, 0.25) is 0 Å². The summed E-state index contributed by atoms with van der Waals surface area (Å²) in [6.45, 7) is 0.255. The van der Waals surface area contributed by atoms with E-state index in [1.54, 1.807) is 48.8 Å². The number of benzene rings is 2. The zero-order chi connectivity index (χ0) is 21.4. The summed E-state index contributed by atoms with van der Waals surface area (Å²) in [5, 5.41) is 14.4. The minimum absolute atomic E-state index is 0.186. The molecule has 3 rings (SSSR count). The third-order valence-corrected chi connectivity index (χ3v) is 5.93. The second-order valence-electron chi connectivity index (χ2n) is 6.09. The van der Waals surface area contributed by atoms with E-state index < -0.39 is 9.84 Å². The molecule has 152 valence electrons. The van der Waals surface area contributed by atoms with Gasteiger partial charge in [0, 0.05) is 18.1 Å². The molecule has 0 aliphatic heterocycles. The van der Waals surface area contributed by atoms with E-state index in [-0.39, 0.29) is 22.3 Å². The Morgan fingerprint density at radius 1 is 1.03 bits per heavy atom. The molecule has 9 heteroatoms. The van der Waals surface area contributed by atoms with Crippen LogP contribution in [0.25, 0.3) is 0 Å². The van der Waals surface area contributed by atoms with Crippen LogP contribution in [0.15, 0.2) is 87.8 Å². The van der Waals surface area contributed by atoms with E-state index >= 15 is 0 Å². The Kier molecular flexibility index (Phi) is 6.62. The number of guanidine groups is 1. The van der Waals surface area contributed by atoms with Gasteiger partial charge in [0.1, 0.15) is 5.75 Å². The normalized spacial score (nSPS) is 11.4. The molecule has 2 N–H and O–H groups in total. The lowest BCUT2D eigenvalue weighted by Crippen LogP contribution is -2.26. The SMILES string of the molecule is COc1ccc(S(=O)(=O)c2ccc(CN=C(NC#N)Nc3ccncc3)cc2)cc1. The molecule has 0 atom stereocenters. The van der Waals surface area contributed by atoms with E-state index in [0.29, 0.717) is 5.75 Å². The third kappa shape index (κ3) is 5.12. The molecule has 3 aromatic rings. The molecule has 1 heterocycles. The van der Waals surface area contributed by atoms with Crippen LogP contribution in [0.3, 0.4) is 0 Å². The number of hydrogen-bond donors (Lipinski definition) is 2. The second kappa shape index (κ2) is 9.54. The van der Waals surface area contributed by atoms with Gasteiger partial charge in [-0.05, 0) is 54.1 Å². The van der Waals surface area contributed by atoms with Crippen molar-refractivity contribution in [2.24, 2.45) is 4.99 Å². The number of methoxy groups -OCH3 is 1. The Hall–Kier alpha value is -3.90. The standard InChI is InChI=1S/C21H19N5O3S/c1-29-18-4-8-20(9-5-18)30(27,28)19-6-2-16(3-7-19)14-24-21(25-15-22)26-17-10-12-23-13-11-17/h2-13H,14H2,1H3,(H2,23,24,25,26). The topological polar surface area (TPSA) is 116 Å². The van der Waals surface area contributed by atoms with Crippen molar-refractivity contribution in [3.8, 4) is 11.9 Å². The van der Waals surface area contributed by atoms with E-state index in [1.165, 1.54) is 31.4 Å². The van der Waals surface area contributed by atoms with Gasteiger partial charge in [-0.15, -0.1) is 0 Å². The fourth-order valence-corrected chi connectivity index (χ4v) is 3.83. The summed E-state index contributed by atoms with van der Waals surface area (Å²) < 4.78 is 30.6. The van der Waals surface area contributed by atoms with E-state index in [4.69, 9.17) is 10.00 Å². The smallest absolute Gasteiger partial charge is 0.209 e. The lowest BCUT2D eigenvalue weighted by molar-refractivity contribution is 0.414. The molecule has 0 saturated carbocycles. The van der Waals surface area contributed by atoms with Crippen molar-refractivity contribution < 1.29 is 13.2 Å². The van der Waals surface area contributed by atoms with Gasteiger partial charge >= 0.3 is 0 Å². The van der Waals surface area contributed by atoms with Crippen molar-refractivity contribution in [2.75, 3.05) is 12.4 Å². The minimum atomic E-state index is -3.63. The van der Waals surface area contributed by atoms with E-state index in [0.717, 1.165) is 11.3 Å². The Morgan fingerprint density at radius 3 is 2.20 bits per heavy atom. The van der Waals surface area contributed by atoms with Crippen LogP contribution in [0.1, 0.15) is 5.56 Å². The minimum Gasteiger partial charge on any atom is -0.497 e. The first-order chi connectivity index (χ1) is 14.5. The van der Waals surface area contributed by atoms with Crippen LogP contribution < -0.4 is 15.4 Å². The molecule has 0 aliphatic carbocycles. The van der Waals surface area contributed by atoms with Crippen LogP contribution in [0.4, 0.5) is 5.69 Å². The Morgan fingerprint density at radius 2 is 1.63 bits per heavy atom. The number of anilines is 1. The maximum absolute atomic E-state index is 12.8. The number of aliphatic imine (C=N–C) groups is 1. The molecule has 0 bridgehead atoms. The maximum Gasteiger partial charge on any atom is 0.209 e. The fourth-order valence-electron chi connectivity index (χ4n) is 2.57. The molecule has 2 aromatic carbocycles. The predicted molar refractivity (Wildman–Crippen MR) is 113 cm³/mol. The molecule has 30 heavy (non-hydrogen) atoms. The van der Waals surface area contributed by atoms with E-state index in [1.807, 2.05) is 6.19 Å². The van der Waals surface area contributed by atoms with Gasteiger partial charge in [0.25, 0.3) is 0 Å². The van der Waals surface area contributed by atoms with Crippen molar-refractivity contribution in [1.29, 1.82) is 5.26 Å². The largest absolute Gasteiger partial charge is 0.497 e. The summed E-state index contributed by atoms with van der Waals surface area (Å²) in [5.74, 6) is 0.864. The van der Waals surface area contributed by atoms with Crippen LogP contribution in [-0.2, 0) is 16.4 Å². The number of sulfone groups is 1. The number of nitriles is 1. The average Bonchev–Trinajstić information content (AvgIpc) is 2.78. The Balaban J connectivity index is 1.74. The van der Waals surface area contributed by atoms with Gasteiger partial charge in [0.15, 0.2) is 6.19 Å². The zero-order valence-corrected chi connectivity index (χ0v) is 16.9. The van der Waals surface area contributed by atoms with Crippen LogP contribution in [0.5, 0.6) is 5.75 Å². The van der Waals surface area contributed by atoms with Gasteiger partial charge in [-0.1, -0.05) is 12.1 Å². The van der Waals surface area contributed by atoms with Gasteiger partial charge in [-0.3, -0.25) is 10.3 Å². The second-order valence-corrected chi connectivity index (χ2v) is 8.04. The van der Waals surface area contributed by atoms with Crippen molar-refractivity contribution >= 4 is 21.5 Å². The summed E-state index contributed by atoms with van der Waals surface area (Å²) >= 11 is 0.